The second-order valence-electron chi connectivity index (χ2n) is 8.01. The van der Waals surface area contributed by atoms with Gasteiger partial charge >= 0.3 is 11.7 Å². The summed E-state index contributed by atoms with van der Waals surface area (Å²) in [6, 6.07) is 4.40. The van der Waals surface area contributed by atoms with Crippen LogP contribution in [0.1, 0.15) is 48.9 Å². The number of piperidine rings is 1. The third-order valence-electron chi connectivity index (χ3n) is 5.93. The van der Waals surface area contributed by atoms with E-state index in [-0.39, 0.29) is 35.4 Å². The molecule has 3 rings (SSSR count). The fourth-order valence-corrected chi connectivity index (χ4v) is 4.00. The summed E-state index contributed by atoms with van der Waals surface area (Å²) in [5.74, 6) is -0.955. The minimum absolute atomic E-state index is 0.0510. The second kappa shape index (κ2) is 10.3. The Bertz CT molecular complexity index is 1130. The van der Waals surface area contributed by atoms with E-state index in [0.29, 0.717) is 57.0 Å². The highest BCUT2D eigenvalue weighted by Crippen LogP contribution is 2.18. The molecular weight excluding hydrogens is 416 g/mol. The average molecular weight is 444 g/mol. The van der Waals surface area contributed by atoms with Crippen molar-refractivity contribution in [2.24, 2.45) is 11.7 Å². The third kappa shape index (κ3) is 5.24. The molecule has 2 amide bonds. The van der Waals surface area contributed by atoms with Crippen LogP contribution < -0.4 is 17.0 Å². The van der Waals surface area contributed by atoms with Crippen molar-refractivity contribution in [1.82, 2.24) is 14.5 Å². The molecule has 0 radical (unpaired) electrons. The number of fused-ring (bicyclic) bond motifs is 1. The summed E-state index contributed by atoms with van der Waals surface area (Å²) in [5.41, 5.74) is 4.88. The Morgan fingerprint density at radius 1 is 1.12 bits per heavy atom. The molecule has 1 fully saturated rings. The molecule has 3 N–H and O–H groups in total. The standard InChI is InChI=1S/C22H28N4O6/c1-32-21(30)15-6-7-16-17(13-15)24-22(31)26(20(16)29)10-4-2-3-5-18(27)25-11-8-14(9-12-25)19(23)28/h6-7,13-14H,2-5,8-12H2,1H3,(H2,23,28)(H,24,31). The number of H-pyrrole nitrogens is 1. The second-order valence-corrected chi connectivity index (χ2v) is 8.01. The van der Waals surface area contributed by atoms with Gasteiger partial charge in [-0.1, -0.05) is 6.42 Å². The van der Waals surface area contributed by atoms with Crippen molar-refractivity contribution in [1.29, 1.82) is 0 Å². The summed E-state index contributed by atoms with van der Waals surface area (Å²) in [7, 11) is 1.26. The number of hydrogen-bond acceptors (Lipinski definition) is 6. The zero-order chi connectivity index (χ0) is 23.3. The Morgan fingerprint density at radius 2 is 1.84 bits per heavy atom. The van der Waals surface area contributed by atoms with Gasteiger partial charge in [0.1, 0.15) is 0 Å². The number of hydrogen-bond donors (Lipinski definition) is 2. The number of primary amides is 1. The summed E-state index contributed by atoms with van der Waals surface area (Å²) < 4.78 is 5.79. The molecule has 2 aromatic rings. The van der Waals surface area contributed by atoms with Crippen LogP contribution >= 0.6 is 0 Å². The van der Waals surface area contributed by atoms with Crippen LogP contribution in [0.5, 0.6) is 0 Å². The number of likely N-dealkylation sites (tertiary alicyclic amines) is 1. The van der Waals surface area contributed by atoms with Crippen LogP contribution in [-0.4, -0.2) is 52.4 Å². The fourth-order valence-electron chi connectivity index (χ4n) is 4.00. The van der Waals surface area contributed by atoms with Gasteiger partial charge in [0.15, 0.2) is 0 Å². The molecule has 10 heteroatoms. The van der Waals surface area contributed by atoms with E-state index in [0.717, 1.165) is 4.57 Å². The van der Waals surface area contributed by atoms with Crippen molar-refractivity contribution in [2.75, 3.05) is 20.2 Å². The smallest absolute Gasteiger partial charge is 0.337 e. The number of aromatic nitrogens is 2. The quantitative estimate of drug-likeness (QED) is 0.454. The predicted octanol–water partition coefficient (Wildman–Crippen LogP) is 0.761. The van der Waals surface area contributed by atoms with Gasteiger partial charge < -0.3 is 20.4 Å². The number of nitrogens with one attached hydrogen (secondary N) is 1. The lowest BCUT2D eigenvalue weighted by Gasteiger charge is -2.30. The third-order valence-corrected chi connectivity index (χ3v) is 5.93. The van der Waals surface area contributed by atoms with Gasteiger partial charge in [0.05, 0.1) is 23.6 Å². The van der Waals surface area contributed by atoms with Gasteiger partial charge in [0, 0.05) is 32.0 Å². The summed E-state index contributed by atoms with van der Waals surface area (Å²) in [5, 5.41) is 0.312. The van der Waals surface area contributed by atoms with E-state index < -0.39 is 17.2 Å². The van der Waals surface area contributed by atoms with Crippen molar-refractivity contribution in [3.05, 3.63) is 44.6 Å². The Kier molecular flexibility index (Phi) is 7.45. The SMILES string of the molecule is COC(=O)c1ccc2c(=O)n(CCCCCC(=O)N3CCC(C(N)=O)CC3)c(=O)[nH]c2c1. The highest BCUT2D eigenvalue weighted by atomic mass is 16.5. The van der Waals surface area contributed by atoms with E-state index in [4.69, 9.17) is 5.73 Å². The van der Waals surface area contributed by atoms with E-state index in [1.165, 1.54) is 25.3 Å². The van der Waals surface area contributed by atoms with Crippen molar-refractivity contribution in [3.8, 4) is 0 Å². The molecule has 0 aliphatic carbocycles. The van der Waals surface area contributed by atoms with Gasteiger partial charge in [0.25, 0.3) is 5.56 Å². The maximum Gasteiger partial charge on any atom is 0.337 e. The first-order valence-electron chi connectivity index (χ1n) is 10.7. The molecule has 10 nitrogen and oxygen atoms in total. The molecule has 0 atom stereocenters. The molecular formula is C22H28N4O6. The van der Waals surface area contributed by atoms with Gasteiger partial charge in [-0.2, -0.15) is 0 Å². The highest BCUT2D eigenvalue weighted by molar-refractivity contribution is 5.93. The lowest BCUT2D eigenvalue weighted by Crippen LogP contribution is -2.41. The molecule has 1 aromatic heterocycles. The molecule has 1 aromatic carbocycles. The zero-order valence-electron chi connectivity index (χ0n) is 18.1. The molecule has 32 heavy (non-hydrogen) atoms. The zero-order valence-corrected chi connectivity index (χ0v) is 18.1. The topological polar surface area (TPSA) is 145 Å². The Labute approximate surface area is 184 Å². The van der Waals surface area contributed by atoms with Crippen LogP contribution in [0.15, 0.2) is 27.8 Å². The van der Waals surface area contributed by atoms with Crippen molar-refractivity contribution in [2.45, 2.75) is 45.1 Å². The number of carbonyl (C=O) groups excluding carboxylic acids is 3. The highest BCUT2D eigenvalue weighted by Gasteiger charge is 2.25. The fraction of sp³-hybridized carbons (Fsp3) is 0.500. The summed E-state index contributed by atoms with van der Waals surface area (Å²) >= 11 is 0. The maximum absolute atomic E-state index is 12.7. The minimum Gasteiger partial charge on any atom is -0.465 e. The van der Waals surface area contributed by atoms with Crippen LogP contribution in [0.2, 0.25) is 0 Å². The number of benzene rings is 1. The molecule has 0 unspecified atom stereocenters. The van der Waals surface area contributed by atoms with Gasteiger partial charge in [-0.3, -0.25) is 19.0 Å². The van der Waals surface area contributed by atoms with Gasteiger partial charge in [-0.25, -0.2) is 9.59 Å². The van der Waals surface area contributed by atoms with Crippen LogP contribution in [0, 0.1) is 5.92 Å². The van der Waals surface area contributed by atoms with Crippen molar-refractivity contribution >= 4 is 28.7 Å². The molecule has 0 bridgehead atoms. The molecule has 1 saturated heterocycles. The number of methoxy groups -OCH3 is 1. The number of esters is 1. The first kappa shape index (κ1) is 23.2. The first-order chi connectivity index (χ1) is 15.3. The largest absolute Gasteiger partial charge is 0.465 e. The number of nitrogens with two attached hydrogens (primary N) is 1. The van der Waals surface area contributed by atoms with Crippen LogP contribution in [0.25, 0.3) is 10.9 Å². The molecule has 0 saturated carbocycles. The van der Waals surface area contributed by atoms with E-state index in [1.807, 2.05) is 0 Å². The number of amides is 2. The monoisotopic (exact) mass is 444 g/mol. The number of aromatic amines is 1. The average Bonchev–Trinajstić information content (AvgIpc) is 2.79. The Hall–Kier alpha value is -3.43. The van der Waals surface area contributed by atoms with E-state index in [9.17, 15) is 24.0 Å². The number of ether oxygens (including phenoxy) is 1. The van der Waals surface area contributed by atoms with Crippen molar-refractivity contribution in [3.63, 3.8) is 0 Å². The van der Waals surface area contributed by atoms with Crippen LogP contribution in [0.3, 0.4) is 0 Å². The molecule has 1 aliphatic rings. The normalized spacial score (nSPS) is 14.5. The number of nitrogens with zero attached hydrogens (tertiary/aromatic N) is 2. The summed E-state index contributed by atoms with van der Waals surface area (Å²) in [6.45, 7) is 1.33. The van der Waals surface area contributed by atoms with Crippen LogP contribution in [0.4, 0.5) is 0 Å². The predicted molar refractivity (Wildman–Crippen MR) is 117 cm³/mol. The van der Waals surface area contributed by atoms with E-state index in [1.54, 1.807) is 4.90 Å². The van der Waals surface area contributed by atoms with Gasteiger partial charge in [-0.15, -0.1) is 0 Å². The number of carbonyl (C=O) groups is 3. The molecule has 1 aliphatic heterocycles. The minimum atomic E-state index is -0.552. The van der Waals surface area contributed by atoms with Gasteiger partial charge in [0.2, 0.25) is 11.8 Å². The van der Waals surface area contributed by atoms with E-state index >= 15 is 0 Å². The molecule has 2 heterocycles. The van der Waals surface area contributed by atoms with E-state index in [2.05, 4.69) is 9.72 Å². The van der Waals surface area contributed by atoms with Crippen molar-refractivity contribution < 1.29 is 19.1 Å². The van der Waals surface area contributed by atoms with Crippen LogP contribution in [-0.2, 0) is 20.9 Å². The summed E-state index contributed by atoms with van der Waals surface area (Å²) in [6.07, 6.45) is 3.52. The molecule has 172 valence electrons. The Balaban J connectivity index is 1.52. The number of unbranched alkanes of at least 4 members (excludes halogenated alkanes) is 2. The Morgan fingerprint density at radius 3 is 2.50 bits per heavy atom. The summed E-state index contributed by atoms with van der Waals surface area (Å²) in [4.78, 5) is 64.6. The number of rotatable bonds is 8. The maximum atomic E-state index is 12.7. The lowest BCUT2D eigenvalue weighted by atomic mass is 9.96. The van der Waals surface area contributed by atoms with Gasteiger partial charge in [-0.05, 0) is 43.9 Å². The lowest BCUT2D eigenvalue weighted by molar-refractivity contribution is -0.135. The first-order valence-corrected chi connectivity index (χ1v) is 10.7. The molecule has 0 spiro atoms.